The second-order valence-electron chi connectivity index (χ2n) is 8.30. The lowest BCUT2D eigenvalue weighted by Crippen LogP contribution is -2.49. The van der Waals surface area contributed by atoms with Crippen LogP contribution in [0.2, 0.25) is 0 Å². The van der Waals surface area contributed by atoms with Crippen LogP contribution in [0.1, 0.15) is 31.9 Å². The third-order valence-corrected chi connectivity index (χ3v) is 5.67. The number of methoxy groups -OCH3 is 1. The molecular formula is C25H29NO5. The molecule has 2 aromatic rings. The van der Waals surface area contributed by atoms with Gasteiger partial charge in [-0.05, 0) is 43.5 Å². The molecule has 0 saturated carbocycles. The van der Waals surface area contributed by atoms with Gasteiger partial charge in [-0.3, -0.25) is 4.79 Å². The summed E-state index contributed by atoms with van der Waals surface area (Å²) in [7, 11) is 1.59. The summed E-state index contributed by atoms with van der Waals surface area (Å²) >= 11 is 0. The number of ether oxygens (including phenoxy) is 2. The van der Waals surface area contributed by atoms with Gasteiger partial charge in [0.15, 0.2) is 0 Å². The number of hydrogen-bond donors (Lipinski definition) is 1. The number of benzene rings is 2. The smallest absolute Gasteiger partial charge is 0.417 e. The van der Waals surface area contributed by atoms with Gasteiger partial charge < -0.3 is 14.6 Å². The van der Waals surface area contributed by atoms with E-state index in [9.17, 15) is 14.7 Å². The highest BCUT2D eigenvalue weighted by Gasteiger charge is 2.51. The van der Waals surface area contributed by atoms with Gasteiger partial charge >= 0.3 is 6.09 Å². The summed E-state index contributed by atoms with van der Waals surface area (Å²) in [4.78, 5) is 26.9. The Morgan fingerprint density at radius 1 is 1.19 bits per heavy atom. The first kappa shape index (κ1) is 22.6. The molecule has 1 N–H and O–H groups in total. The SMILES string of the molecule is COc1ccc(/C=C/[C@@H](O)[C@H](C)C(=O)N2C(=O)OC(C)(C)[C@@H]2Cc2ccccc2)cc1. The minimum atomic E-state index is -1.05. The van der Waals surface area contributed by atoms with Crippen LogP contribution in [0, 0.1) is 5.92 Å². The topological polar surface area (TPSA) is 76.1 Å². The first-order valence-corrected chi connectivity index (χ1v) is 10.3. The molecule has 0 bridgehead atoms. The van der Waals surface area contributed by atoms with E-state index in [2.05, 4.69) is 0 Å². The lowest BCUT2D eigenvalue weighted by atomic mass is 9.91. The standard InChI is InChI=1S/C25H29NO5/c1-17(21(27)15-12-18-10-13-20(30-4)14-11-18)23(28)26-22(25(2,3)31-24(26)29)16-19-8-6-5-7-9-19/h5-15,17,21-22,27H,16H2,1-4H3/b15-12+/t17-,21+,22-/m0/s1. The van der Waals surface area contributed by atoms with E-state index < -0.39 is 35.7 Å². The fourth-order valence-electron chi connectivity index (χ4n) is 3.66. The Labute approximate surface area is 183 Å². The van der Waals surface area contributed by atoms with Crippen LogP contribution >= 0.6 is 0 Å². The lowest BCUT2D eigenvalue weighted by Gasteiger charge is -2.30. The molecule has 6 heteroatoms. The summed E-state index contributed by atoms with van der Waals surface area (Å²) in [5.41, 5.74) is 1.04. The molecule has 1 heterocycles. The first-order chi connectivity index (χ1) is 14.7. The van der Waals surface area contributed by atoms with Crippen molar-refractivity contribution in [1.29, 1.82) is 0 Å². The number of aliphatic hydroxyl groups is 1. The molecule has 2 aromatic carbocycles. The lowest BCUT2D eigenvalue weighted by molar-refractivity contribution is -0.135. The average molecular weight is 424 g/mol. The summed E-state index contributed by atoms with van der Waals surface area (Å²) < 4.78 is 10.6. The van der Waals surface area contributed by atoms with Crippen LogP contribution in [0.4, 0.5) is 4.79 Å². The zero-order valence-electron chi connectivity index (χ0n) is 18.3. The van der Waals surface area contributed by atoms with E-state index in [0.29, 0.717) is 6.42 Å². The van der Waals surface area contributed by atoms with Gasteiger partial charge in [0, 0.05) is 0 Å². The van der Waals surface area contributed by atoms with Crippen LogP contribution < -0.4 is 4.74 Å². The molecule has 3 atom stereocenters. The van der Waals surface area contributed by atoms with Crippen molar-refractivity contribution in [2.75, 3.05) is 7.11 Å². The van der Waals surface area contributed by atoms with Crippen LogP contribution in [0.25, 0.3) is 6.08 Å². The van der Waals surface area contributed by atoms with E-state index >= 15 is 0 Å². The highest BCUT2D eigenvalue weighted by molar-refractivity contribution is 5.95. The van der Waals surface area contributed by atoms with Gasteiger partial charge in [-0.2, -0.15) is 0 Å². The monoisotopic (exact) mass is 423 g/mol. The largest absolute Gasteiger partial charge is 0.497 e. The van der Waals surface area contributed by atoms with Crippen molar-refractivity contribution in [3.63, 3.8) is 0 Å². The minimum Gasteiger partial charge on any atom is -0.497 e. The molecule has 3 rings (SSSR count). The summed E-state index contributed by atoms with van der Waals surface area (Å²) in [6.45, 7) is 5.22. The third kappa shape index (κ3) is 5.14. The molecule has 164 valence electrons. The second kappa shape index (κ2) is 9.35. The Hall–Kier alpha value is -3.12. The van der Waals surface area contributed by atoms with E-state index in [-0.39, 0.29) is 0 Å². The minimum absolute atomic E-state index is 0.455. The summed E-state index contributed by atoms with van der Waals surface area (Å²) in [5, 5.41) is 10.6. The van der Waals surface area contributed by atoms with E-state index in [0.717, 1.165) is 16.9 Å². The van der Waals surface area contributed by atoms with Crippen LogP contribution in [0.5, 0.6) is 5.75 Å². The van der Waals surface area contributed by atoms with Gasteiger partial charge in [0.05, 0.1) is 25.2 Å². The molecule has 0 unspecified atom stereocenters. The Morgan fingerprint density at radius 2 is 1.84 bits per heavy atom. The Kier molecular flexibility index (Phi) is 6.81. The van der Waals surface area contributed by atoms with E-state index in [1.165, 1.54) is 4.90 Å². The predicted molar refractivity (Wildman–Crippen MR) is 119 cm³/mol. The number of aliphatic hydroxyl groups excluding tert-OH is 1. The molecule has 2 amide bonds. The molecule has 0 spiro atoms. The normalized spacial score (nSPS) is 19.8. The van der Waals surface area contributed by atoms with Crippen molar-refractivity contribution < 1.29 is 24.2 Å². The quantitative estimate of drug-likeness (QED) is 0.726. The molecule has 1 fully saturated rings. The van der Waals surface area contributed by atoms with Crippen molar-refractivity contribution >= 4 is 18.1 Å². The molecular weight excluding hydrogens is 394 g/mol. The number of hydrogen-bond acceptors (Lipinski definition) is 5. The van der Waals surface area contributed by atoms with E-state index in [4.69, 9.17) is 9.47 Å². The van der Waals surface area contributed by atoms with Gasteiger partial charge in [-0.1, -0.05) is 61.5 Å². The fraction of sp³-hybridized carbons (Fsp3) is 0.360. The summed E-state index contributed by atoms with van der Waals surface area (Å²) in [6.07, 6.45) is 2.05. The maximum atomic E-state index is 13.2. The van der Waals surface area contributed by atoms with Gasteiger partial charge in [0.25, 0.3) is 0 Å². The van der Waals surface area contributed by atoms with Crippen molar-refractivity contribution in [2.24, 2.45) is 5.92 Å². The Balaban J connectivity index is 1.74. The fourth-order valence-corrected chi connectivity index (χ4v) is 3.66. The van der Waals surface area contributed by atoms with Crippen molar-refractivity contribution in [3.8, 4) is 5.75 Å². The predicted octanol–water partition coefficient (Wildman–Crippen LogP) is 4.07. The van der Waals surface area contributed by atoms with Gasteiger partial charge in [0.2, 0.25) is 5.91 Å². The van der Waals surface area contributed by atoms with Crippen LogP contribution in [-0.2, 0) is 16.0 Å². The molecule has 1 aliphatic rings. The van der Waals surface area contributed by atoms with Gasteiger partial charge in [-0.25, -0.2) is 9.69 Å². The van der Waals surface area contributed by atoms with Crippen molar-refractivity contribution in [1.82, 2.24) is 4.90 Å². The number of carbonyl (C=O) groups excluding carboxylic acids is 2. The average Bonchev–Trinajstić information content (AvgIpc) is 2.99. The third-order valence-electron chi connectivity index (χ3n) is 5.67. The zero-order valence-corrected chi connectivity index (χ0v) is 18.3. The molecule has 0 aliphatic carbocycles. The van der Waals surface area contributed by atoms with Crippen LogP contribution in [0.15, 0.2) is 60.7 Å². The maximum Gasteiger partial charge on any atom is 0.417 e. The number of carbonyl (C=O) groups is 2. The Morgan fingerprint density at radius 3 is 2.45 bits per heavy atom. The number of rotatable bonds is 7. The number of imide groups is 1. The maximum absolute atomic E-state index is 13.2. The number of nitrogens with zero attached hydrogens (tertiary/aromatic N) is 1. The van der Waals surface area contributed by atoms with Crippen LogP contribution in [-0.4, -0.2) is 46.9 Å². The summed E-state index contributed by atoms with van der Waals surface area (Å²) in [6, 6.07) is 16.5. The number of amides is 2. The van der Waals surface area contributed by atoms with Gasteiger partial charge in [0.1, 0.15) is 11.4 Å². The molecule has 6 nitrogen and oxygen atoms in total. The molecule has 1 saturated heterocycles. The molecule has 0 radical (unpaired) electrons. The molecule has 1 aliphatic heterocycles. The highest BCUT2D eigenvalue weighted by atomic mass is 16.6. The number of cyclic esters (lactones) is 1. The van der Waals surface area contributed by atoms with Crippen molar-refractivity contribution in [3.05, 3.63) is 71.8 Å². The molecule has 0 aromatic heterocycles. The highest BCUT2D eigenvalue weighted by Crippen LogP contribution is 2.33. The second-order valence-corrected chi connectivity index (χ2v) is 8.30. The van der Waals surface area contributed by atoms with Gasteiger partial charge in [-0.15, -0.1) is 0 Å². The summed E-state index contributed by atoms with van der Waals surface area (Å²) in [5.74, 6) is -0.529. The van der Waals surface area contributed by atoms with E-state index in [1.807, 2.05) is 54.6 Å². The van der Waals surface area contributed by atoms with E-state index in [1.54, 1.807) is 40.0 Å². The molecule has 31 heavy (non-hydrogen) atoms. The Bertz CT molecular complexity index is 936. The first-order valence-electron chi connectivity index (χ1n) is 10.3. The zero-order chi connectivity index (χ0) is 22.6. The van der Waals surface area contributed by atoms with Crippen LogP contribution in [0.3, 0.4) is 0 Å². The van der Waals surface area contributed by atoms with Crippen molar-refractivity contribution in [2.45, 2.75) is 44.9 Å².